The van der Waals surface area contributed by atoms with E-state index in [1.807, 2.05) is 0 Å². The van der Waals surface area contributed by atoms with Gasteiger partial charge >= 0.3 is 0 Å². The first kappa shape index (κ1) is 11.8. The molecule has 0 radical (unpaired) electrons. The molecular formula is C17H29N. The molecule has 102 valence electrons. The Balaban J connectivity index is 1.49. The van der Waals surface area contributed by atoms with Gasteiger partial charge in [-0.25, -0.2) is 0 Å². The van der Waals surface area contributed by atoms with Crippen molar-refractivity contribution in [2.75, 3.05) is 6.54 Å². The van der Waals surface area contributed by atoms with Crippen molar-refractivity contribution in [2.24, 2.45) is 22.2 Å². The highest BCUT2D eigenvalue weighted by atomic mass is 14.9. The van der Waals surface area contributed by atoms with Gasteiger partial charge < -0.3 is 5.32 Å². The van der Waals surface area contributed by atoms with Crippen molar-refractivity contribution in [1.29, 1.82) is 0 Å². The molecule has 2 atom stereocenters. The van der Waals surface area contributed by atoms with Gasteiger partial charge in [-0.3, -0.25) is 0 Å². The fraction of sp³-hybridized carbons (Fsp3) is 1.00. The van der Waals surface area contributed by atoms with Crippen LogP contribution in [0, 0.1) is 22.2 Å². The number of nitrogens with one attached hydrogen (secondary N) is 1. The maximum Gasteiger partial charge on any atom is 0.00682 e. The van der Waals surface area contributed by atoms with Crippen LogP contribution in [0.4, 0.5) is 0 Å². The Labute approximate surface area is 112 Å². The van der Waals surface area contributed by atoms with Gasteiger partial charge in [0.2, 0.25) is 0 Å². The first-order valence-corrected chi connectivity index (χ1v) is 8.22. The summed E-state index contributed by atoms with van der Waals surface area (Å²) in [6.45, 7) is 6.49. The maximum absolute atomic E-state index is 3.76. The minimum absolute atomic E-state index is 0.702. The summed E-state index contributed by atoms with van der Waals surface area (Å²) in [6, 6.07) is 0.894. The second-order valence-electron chi connectivity index (χ2n) is 9.11. The van der Waals surface area contributed by atoms with Gasteiger partial charge in [0.15, 0.2) is 0 Å². The Bertz CT molecular complexity index is 339. The molecule has 5 fully saturated rings. The van der Waals surface area contributed by atoms with Crippen LogP contribution in [0.2, 0.25) is 0 Å². The summed E-state index contributed by atoms with van der Waals surface area (Å²) in [5.74, 6) is 1.07. The molecule has 0 aromatic heterocycles. The van der Waals surface area contributed by atoms with Crippen molar-refractivity contribution in [3.8, 4) is 0 Å². The molecule has 5 rings (SSSR count). The molecule has 1 nitrogen and oxygen atoms in total. The van der Waals surface area contributed by atoms with E-state index in [1.165, 1.54) is 32.2 Å². The third-order valence-electron chi connectivity index (χ3n) is 6.41. The summed E-state index contributed by atoms with van der Waals surface area (Å²) in [7, 11) is 0. The molecule has 2 unspecified atom stereocenters. The van der Waals surface area contributed by atoms with E-state index >= 15 is 0 Å². The van der Waals surface area contributed by atoms with Gasteiger partial charge in [-0.1, -0.05) is 13.8 Å². The van der Waals surface area contributed by atoms with Crippen molar-refractivity contribution in [3.63, 3.8) is 0 Å². The highest BCUT2D eigenvalue weighted by Gasteiger charge is 2.59. The number of hydrogen-bond acceptors (Lipinski definition) is 1. The average Bonchev–Trinajstić information content (AvgIpc) is 2.94. The smallest absolute Gasteiger partial charge is 0.00682 e. The molecule has 0 amide bonds. The summed E-state index contributed by atoms with van der Waals surface area (Å²) < 4.78 is 0. The number of rotatable bonds is 4. The third kappa shape index (κ3) is 1.94. The Hall–Kier alpha value is -0.0400. The highest BCUT2D eigenvalue weighted by molar-refractivity contribution is 5.10. The standard InChI is InChI=1S/C17H29N/c1-15-7-13-8-16(2,10-15)12-17(9-13,11-15)5-6-18-14-3-4-14/h13-14,18H,3-12H2,1-2H3. The molecule has 0 heterocycles. The van der Waals surface area contributed by atoms with E-state index in [-0.39, 0.29) is 0 Å². The van der Waals surface area contributed by atoms with E-state index < -0.39 is 0 Å². The first-order chi connectivity index (χ1) is 8.49. The predicted octanol–water partition coefficient (Wildman–Crippen LogP) is 4.13. The molecule has 0 aliphatic heterocycles. The predicted molar refractivity (Wildman–Crippen MR) is 75.5 cm³/mol. The molecule has 0 spiro atoms. The van der Waals surface area contributed by atoms with Crippen LogP contribution in [-0.4, -0.2) is 12.6 Å². The zero-order valence-electron chi connectivity index (χ0n) is 12.2. The molecule has 0 aromatic carbocycles. The molecule has 1 N–H and O–H groups in total. The van der Waals surface area contributed by atoms with Crippen molar-refractivity contribution in [2.45, 2.75) is 77.7 Å². The third-order valence-corrected chi connectivity index (χ3v) is 6.41. The lowest BCUT2D eigenvalue weighted by molar-refractivity contribution is -0.147. The van der Waals surface area contributed by atoms with Crippen molar-refractivity contribution < 1.29 is 0 Å². The fourth-order valence-electron chi connectivity index (χ4n) is 6.79. The van der Waals surface area contributed by atoms with Crippen LogP contribution in [0.1, 0.15) is 71.6 Å². The average molecular weight is 247 g/mol. The van der Waals surface area contributed by atoms with E-state index in [1.54, 1.807) is 32.1 Å². The lowest BCUT2D eigenvalue weighted by atomic mass is 9.40. The Kier molecular flexibility index (Phi) is 2.31. The SMILES string of the molecule is CC12CC3CC(C)(C1)CC(CCNC1CC1)(C3)C2. The Morgan fingerprint density at radius 1 is 0.944 bits per heavy atom. The minimum Gasteiger partial charge on any atom is -0.314 e. The Morgan fingerprint density at radius 3 is 2.17 bits per heavy atom. The van der Waals surface area contributed by atoms with Crippen molar-refractivity contribution >= 4 is 0 Å². The van der Waals surface area contributed by atoms with Crippen LogP contribution in [0.25, 0.3) is 0 Å². The molecule has 1 heteroatoms. The summed E-state index contributed by atoms with van der Waals surface area (Å²) in [4.78, 5) is 0. The zero-order chi connectivity index (χ0) is 12.4. The van der Waals surface area contributed by atoms with E-state index in [2.05, 4.69) is 19.2 Å². The van der Waals surface area contributed by atoms with Crippen molar-refractivity contribution in [1.82, 2.24) is 5.32 Å². The normalized spacial score (nSPS) is 54.0. The van der Waals surface area contributed by atoms with E-state index in [0.717, 1.165) is 17.4 Å². The van der Waals surface area contributed by atoms with Gasteiger partial charge in [-0.05, 0) is 86.5 Å². The van der Waals surface area contributed by atoms with E-state index in [9.17, 15) is 0 Å². The van der Waals surface area contributed by atoms with Crippen LogP contribution < -0.4 is 5.32 Å². The summed E-state index contributed by atoms with van der Waals surface area (Å²) in [5.41, 5.74) is 2.13. The van der Waals surface area contributed by atoms with Gasteiger partial charge in [0.05, 0.1) is 0 Å². The Morgan fingerprint density at radius 2 is 1.61 bits per heavy atom. The molecule has 0 saturated heterocycles. The highest BCUT2D eigenvalue weighted by Crippen LogP contribution is 2.70. The van der Waals surface area contributed by atoms with Crippen LogP contribution in [0.15, 0.2) is 0 Å². The lowest BCUT2D eigenvalue weighted by Crippen LogP contribution is -2.55. The van der Waals surface area contributed by atoms with Gasteiger partial charge in [-0.15, -0.1) is 0 Å². The molecule has 5 aliphatic rings. The van der Waals surface area contributed by atoms with E-state index in [4.69, 9.17) is 0 Å². The van der Waals surface area contributed by atoms with Crippen LogP contribution in [-0.2, 0) is 0 Å². The second kappa shape index (κ2) is 3.53. The minimum atomic E-state index is 0.702. The molecular weight excluding hydrogens is 218 g/mol. The quantitative estimate of drug-likeness (QED) is 0.788. The van der Waals surface area contributed by atoms with E-state index in [0.29, 0.717) is 10.8 Å². The fourth-order valence-corrected chi connectivity index (χ4v) is 6.79. The summed E-state index contributed by atoms with van der Waals surface area (Å²) in [6.07, 6.45) is 13.6. The topological polar surface area (TPSA) is 12.0 Å². The van der Waals surface area contributed by atoms with Gasteiger partial charge in [0.1, 0.15) is 0 Å². The molecule has 5 aliphatic carbocycles. The zero-order valence-corrected chi connectivity index (χ0v) is 12.2. The number of hydrogen-bond donors (Lipinski definition) is 1. The summed E-state index contributed by atoms with van der Waals surface area (Å²) in [5, 5.41) is 3.76. The molecule has 4 bridgehead atoms. The first-order valence-electron chi connectivity index (χ1n) is 8.22. The lowest BCUT2D eigenvalue weighted by Gasteiger charge is -2.65. The second-order valence-corrected chi connectivity index (χ2v) is 9.11. The largest absolute Gasteiger partial charge is 0.314 e. The van der Waals surface area contributed by atoms with Crippen LogP contribution in [0.3, 0.4) is 0 Å². The van der Waals surface area contributed by atoms with Crippen molar-refractivity contribution in [3.05, 3.63) is 0 Å². The summed E-state index contributed by atoms with van der Waals surface area (Å²) >= 11 is 0. The van der Waals surface area contributed by atoms with Gasteiger partial charge in [0.25, 0.3) is 0 Å². The maximum atomic E-state index is 3.76. The van der Waals surface area contributed by atoms with Crippen LogP contribution in [0.5, 0.6) is 0 Å². The molecule has 0 aromatic rings. The van der Waals surface area contributed by atoms with Gasteiger partial charge in [-0.2, -0.15) is 0 Å². The monoisotopic (exact) mass is 247 g/mol. The van der Waals surface area contributed by atoms with Crippen LogP contribution >= 0.6 is 0 Å². The molecule has 5 saturated carbocycles. The van der Waals surface area contributed by atoms with Gasteiger partial charge in [0, 0.05) is 6.04 Å². The molecule has 18 heavy (non-hydrogen) atoms.